The molecule has 1 aromatic heterocycles. The third kappa shape index (κ3) is 2.22. The fourth-order valence-electron chi connectivity index (χ4n) is 2.21. The van der Waals surface area contributed by atoms with Gasteiger partial charge in [0.25, 0.3) is 5.91 Å². The number of thiocarbonyl (C=S) groups is 1. The normalized spacial score (nSPS) is 19.3. The third-order valence-electron chi connectivity index (χ3n) is 3.27. The van der Waals surface area contributed by atoms with Gasteiger partial charge in [0, 0.05) is 23.2 Å². The maximum Gasteiger partial charge on any atom is 0.251 e. The number of carbonyl (C=O) groups is 1. The molecule has 19 heavy (non-hydrogen) atoms. The molecule has 1 fully saturated rings. The summed E-state index contributed by atoms with van der Waals surface area (Å²) < 4.78 is 1.18. The van der Waals surface area contributed by atoms with Crippen LogP contribution in [0.5, 0.6) is 0 Å². The maximum atomic E-state index is 12.0. The quantitative estimate of drug-likeness (QED) is 0.866. The molecule has 0 aliphatic carbocycles. The highest BCUT2D eigenvalue weighted by atomic mass is 35.5. The fraction of sp³-hybridized carbons (Fsp3) is 0.231. The van der Waals surface area contributed by atoms with Crippen molar-refractivity contribution in [1.29, 1.82) is 0 Å². The molecule has 1 amide bonds. The molecule has 1 aliphatic rings. The van der Waals surface area contributed by atoms with Gasteiger partial charge in [0.2, 0.25) is 0 Å². The predicted molar refractivity (Wildman–Crippen MR) is 82.8 cm³/mol. The highest BCUT2D eigenvalue weighted by Gasteiger charge is 2.33. The molecule has 98 valence electrons. The second-order valence-electron chi connectivity index (χ2n) is 4.50. The average molecular weight is 311 g/mol. The van der Waals surface area contributed by atoms with Crippen LogP contribution in [0.1, 0.15) is 5.56 Å². The minimum atomic E-state index is -0.269. The maximum absolute atomic E-state index is 12.0. The van der Waals surface area contributed by atoms with E-state index in [4.69, 9.17) is 23.8 Å². The van der Waals surface area contributed by atoms with Gasteiger partial charge in [0.15, 0.2) is 5.11 Å². The van der Waals surface area contributed by atoms with Crippen molar-refractivity contribution in [2.45, 2.75) is 12.5 Å². The standard InChI is InChI=1S/C13H11ClN2OS2/c1-16-12(17)10(15-13(16)18)4-7-6-19-11-3-2-8(14)5-9(7)11/h2-3,5-6,10H,4H2,1H3,(H,15,18). The van der Waals surface area contributed by atoms with Crippen molar-refractivity contribution in [2.75, 3.05) is 7.05 Å². The van der Waals surface area contributed by atoms with E-state index in [-0.39, 0.29) is 11.9 Å². The molecule has 1 unspecified atom stereocenters. The van der Waals surface area contributed by atoms with E-state index < -0.39 is 0 Å². The largest absolute Gasteiger partial charge is 0.350 e. The number of carbonyl (C=O) groups excluding carboxylic acids is 1. The summed E-state index contributed by atoms with van der Waals surface area (Å²) in [6.45, 7) is 0. The van der Waals surface area contributed by atoms with E-state index in [1.807, 2.05) is 18.2 Å². The van der Waals surface area contributed by atoms with Gasteiger partial charge in [-0.3, -0.25) is 9.69 Å². The molecule has 0 spiro atoms. The lowest BCUT2D eigenvalue weighted by molar-refractivity contribution is -0.126. The number of fused-ring (bicyclic) bond motifs is 1. The lowest BCUT2D eigenvalue weighted by atomic mass is 10.1. The molecule has 3 nitrogen and oxygen atoms in total. The molecular formula is C13H11ClN2OS2. The van der Waals surface area contributed by atoms with Crippen molar-refractivity contribution >= 4 is 56.3 Å². The Kier molecular flexibility index (Phi) is 3.20. The second-order valence-corrected chi connectivity index (χ2v) is 6.24. The minimum absolute atomic E-state index is 0.0198. The second kappa shape index (κ2) is 4.74. The van der Waals surface area contributed by atoms with Crippen molar-refractivity contribution < 1.29 is 4.79 Å². The number of benzene rings is 1. The zero-order chi connectivity index (χ0) is 13.6. The van der Waals surface area contributed by atoms with E-state index in [2.05, 4.69) is 10.7 Å². The first-order chi connectivity index (χ1) is 9.06. The predicted octanol–water partition coefficient (Wildman–Crippen LogP) is 2.81. The number of hydrogen-bond donors (Lipinski definition) is 1. The summed E-state index contributed by atoms with van der Waals surface area (Å²) in [5.74, 6) is 0.0198. The van der Waals surface area contributed by atoms with Crippen LogP contribution in [0.25, 0.3) is 10.1 Å². The molecule has 0 bridgehead atoms. The lowest BCUT2D eigenvalue weighted by Crippen LogP contribution is -2.31. The Labute approximate surface area is 125 Å². The van der Waals surface area contributed by atoms with Crippen LogP contribution in [0, 0.1) is 0 Å². The van der Waals surface area contributed by atoms with Gasteiger partial charge in [-0.15, -0.1) is 11.3 Å². The van der Waals surface area contributed by atoms with Crippen LogP contribution in [0.15, 0.2) is 23.6 Å². The number of rotatable bonds is 2. The topological polar surface area (TPSA) is 32.3 Å². The number of likely N-dealkylation sites (N-methyl/N-ethyl adjacent to an activating group) is 1. The van der Waals surface area contributed by atoms with Crippen LogP contribution < -0.4 is 5.32 Å². The van der Waals surface area contributed by atoms with Crippen LogP contribution in [0.3, 0.4) is 0 Å². The first kappa shape index (κ1) is 12.8. The Balaban J connectivity index is 1.92. The van der Waals surface area contributed by atoms with E-state index in [1.54, 1.807) is 18.4 Å². The van der Waals surface area contributed by atoms with Gasteiger partial charge < -0.3 is 5.32 Å². The van der Waals surface area contributed by atoms with Gasteiger partial charge in [-0.25, -0.2) is 0 Å². The molecule has 1 aromatic carbocycles. The van der Waals surface area contributed by atoms with Crippen molar-refractivity contribution in [3.05, 3.63) is 34.2 Å². The van der Waals surface area contributed by atoms with Crippen LogP contribution in [-0.2, 0) is 11.2 Å². The van der Waals surface area contributed by atoms with Crippen LogP contribution in [0.2, 0.25) is 5.02 Å². The third-order valence-corrected chi connectivity index (χ3v) is 4.91. The van der Waals surface area contributed by atoms with Gasteiger partial charge >= 0.3 is 0 Å². The van der Waals surface area contributed by atoms with Crippen molar-refractivity contribution in [3.8, 4) is 0 Å². The molecule has 2 aromatic rings. The summed E-state index contributed by atoms with van der Waals surface area (Å²) >= 11 is 12.8. The number of thiophene rings is 1. The Morgan fingerprint density at radius 2 is 2.32 bits per heavy atom. The Morgan fingerprint density at radius 3 is 3.00 bits per heavy atom. The highest BCUT2D eigenvalue weighted by Crippen LogP contribution is 2.30. The fourth-order valence-corrected chi connectivity index (χ4v) is 3.57. The number of nitrogens with zero attached hydrogens (tertiary/aromatic N) is 1. The van der Waals surface area contributed by atoms with Crippen molar-refractivity contribution in [2.24, 2.45) is 0 Å². The van der Waals surface area contributed by atoms with Crippen molar-refractivity contribution in [1.82, 2.24) is 10.2 Å². The zero-order valence-corrected chi connectivity index (χ0v) is 12.5. The van der Waals surface area contributed by atoms with E-state index >= 15 is 0 Å². The van der Waals surface area contributed by atoms with Crippen LogP contribution >= 0.6 is 35.2 Å². The first-order valence-corrected chi connectivity index (χ1v) is 7.46. The molecule has 1 atom stereocenters. The first-order valence-electron chi connectivity index (χ1n) is 5.80. The average Bonchev–Trinajstić information content (AvgIpc) is 2.88. The lowest BCUT2D eigenvalue weighted by Gasteiger charge is -2.07. The summed E-state index contributed by atoms with van der Waals surface area (Å²) in [5.41, 5.74) is 1.13. The number of amides is 1. The van der Waals surface area contributed by atoms with Gasteiger partial charge in [-0.1, -0.05) is 11.6 Å². The molecule has 0 saturated carbocycles. The number of nitrogens with one attached hydrogen (secondary N) is 1. The summed E-state index contributed by atoms with van der Waals surface area (Å²) in [4.78, 5) is 13.5. The summed E-state index contributed by atoms with van der Waals surface area (Å²) in [6.07, 6.45) is 0.629. The SMILES string of the molecule is CN1C(=O)C(Cc2csc3ccc(Cl)cc23)NC1=S. The van der Waals surface area contributed by atoms with Crippen LogP contribution in [0.4, 0.5) is 0 Å². The van der Waals surface area contributed by atoms with Gasteiger partial charge in [0.05, 0.1) is 0 Å². The Hall–Kier alpha value is -1.17. The van der Waals surface area contributed by atoms with E-state index in [9.17, 15) is 4.79 Å². The Morgan fingerprint density at radius 1 is 1.53 bits per heavy atom. The number of halogens is 1. The minimum Gasteiger partial charge on any atom is -0.350 e. The van der Waals surface area contributed by atoms with Gasteiger partial charge in [-0.2, -0.15) is 0 Å². The Bertz CT molecular complexity index is 682. The van der Waals surface area contributed by atoms with E-state index in [0.717, 1.165) is 10.9 Å². The summed E-state index contributed by atoms with van der Waals surface area (Å²) in [6, 6.07) is 5.57. The molecule has 3 rings (SSSR count). The van der Waals surface area contributed by atoms with Gasteiger partial charge in [0.1, 0.15) is 6.04 Å². The van der Waals surface area contributed by atoms with E-state index in [0.29, 0.717) is 16.6 Å². The number of hydrogen-bond acceptors (Lipinski definition) is 3. The van der Waals surface area contributed by atoms with Gasteiger partial charge in [-0.05, 0) is 46.7 Å². The summed E-state index contributed by atoms with van der Waals surface area (Å²) in [5, 5.41) is 7.46. The van der Waals surface area contributed by atoms with E-state index in [1.165, 1.54) is 9.60 Å². The molecule has 1 saturated heterocycles. The summed E-state index contributed by atoms with van der Waals surface area (Å²) in [7, 11) is 1.69. The molecular weight excluding hydrogens is 300 g/mol. The molecule has 1 aliphatic heterocycles. The highest BCUT2D eigenvalue weighted by molar-refractivity contribution is 7.80. The van der Waals surface area contributed by atoms with Crippen molar-refractivity contribution in [3.63, 3.8) is 0 Å². The van der Waals surface area contributed by atoms with Crippen LogP contribution in [-0.4, -0.2) is 29.0 Å². The smallest absolute Gasteiger partial charge is 0.251 e. The molecule has 0 radical (unpaired) electrons. The monoisotopic (exact) mass is 310 g/mol. The molecule has 2 heterocycles. The zero-order valence-electron chi connectivity index (χ0n) is 10.1. The molecule has 6 heteroatoms. The molecule has 1 N–H and O–H groups in total.